The second-order valence-corrected chi connectivity index (χ2v) is 7.87. The predicted octanol–water partition coefficient (Wildman–Crippen LogP) is -1.74. The molecule has 1 aromatic rings. The maximum atomic E-state index is 12.0. The van der Waals surface area contributed by atoms with Gasteiger partial charge in [-0.3, -0.25) is 24.5 Å². The molecule has 9 heteroatoms. The summed E-state index contributed by atoms with van der Waals surface area (Å²) >= 11 is 0. The van der Waals surface area contributed by atoms with Crippen LogP contribution in [-0.2, 0) is 27.5 Å². The molecular formula is C21H30N4O5-2. The van der Waals surface area contributed by atoms with Crippen molar-refractivity contribution in [3.63, 3.8) is 0 Å². The molecule has 1 aromatic heterocycles. The Kier molecular flexibility index (Phi) is 8.45. The second kappa shape index (κ2) is 10.6. The number of pyridine rings is 1. The van der Waals surface area contributed by atoms with Crippen LogP contribution in [0.3, 0.4) is 0 Å². The quantitative estimate of drug-likeness (QED) is 0.530. The smallest absolute Gasteiger partial charge is 0.146 e. The van der Waals surface area contributed by atoms with Crippen LogP contribution >= 0.6 is 0 Å². The van der Waals surface area contributed by atoms with E-state index in [1.165, 1.54) is 6.92 Å². The van der Waals surface area contributed by atoms with E-state index in [1.807, 2.05) is 30.0 Å². The first-order valence-electron chi connectivity index (χ1n) is 10.2. The Bertz CT molecular complexity index is 722. The number of carbonyl (C=O) groups excluding carboxylic acids is 3. The van der Waals surface area contributed by atoms with Gasteiger partial charge >= 0.3 is 0 Å². The van der Waals surface area contributed by atoms with Gasteiger partial charge in [-0.15, -0.1) is 0 Å². The Morgan fingerprint density at radius 2 is 1.20 bits per heavy atom. The molecule has 0 fully saturated rings. The molecule has 0 saturated heterocycles. The monoisotopic (exact) mass is 418 g/mol. The molecule has 0 saturated carbocycles. The number of aliphatic carboxylic acids is 2. The van der Waals surface area contributed by atoms with Gasteiger partial charge < -0.3 is 19.8 Å². The number of nitrogens with zero attached hydrogens (tertiary/aromatic N) is 4. The van der Waals surface area contributed by atoms with Gasteiger partial charge in [0, 0.05) is 51.4 Å². The number of hydrogen-bond acceptors (Lipinski definition) is 9. The summed E-state index contributed by atoms with van der Waals surface area (Å²) in [6.45, 7) is 8.68. The van der Waals surface area contributed by atoms with E-state index >= 15 is 0 Å². The Balaban J connectivity index is 2.39. The van der Waals surface area contributed by atoms with Gasteiger partial charge in [0.05, 0.1) is 29.4 Å². The number of fused-ring (bicyclic) bond motifs is 2. The van der Waals surface area contributed by atoms with E-state index < -0.39 is 24.0 Å². The molecule has 0 radical (unpaired) electrons. The molecule has 0 amide bonds. The third-order valence-electron chi connectivity index (χ3n) is 5.86. The van der Waals surface area contributed by atoms with Crippen LogP contribution in [0.2, 0.25) is 0 Å². The summed E-state index contributed by atoms with van der Waals surface area (Å²) in [5, 5.41) is 23.0. The van der Waals surface area contributed by atoms with E-state index in [-0.39, 0.29) is 11.8 Å². The molecule has 1 aliphatic heterocycles. The van der Waals surface area contributed by atoms with Crippen molar-refractivity contribution in [1.29, 1.82) is 0 Å². The lowest BCUT2D eigenvalue weighted by molar-refractivity contribution is -0.313. The summed E-state index contributed by atoms with van der Waals surface area (Å²) in [4.78, 5) is 45.1. The maximum Gasteiger partial charge on any atom is 0.146 e. The summed E-state index contributed by atoms with van der Waals surface area (Å²) < 4.78 is 0. The van der Waals surface area contributed by atoms with E-state index in [9.17, 15) is 24.6 Å². The standard InChI is InChI=1S/C21H32N4O5/c1-14(17(4)26)24-10-8-23(15(2)20(27)28)9-11-25(16(3)21(29)30)13-19-7-5-6-18(12-24)22-19/h5-7,14-16H,8-13H2,1-4H3,(H,27,28)(H,29,30)/p-2. The van der Waals surface area contributed by atoms with E-state index in [1.54, 1.807) is 23.6 Å². The first-order chi connectivity index (χ1) is 14.1. The molecular weight excluding hydrogens is 388 g/mol. The Hall–Kier alpha value is -2.36. The highest BCUT2D eigenvalue weighted by molar-refractivity contribution is 5.80. The van der Waals surface area contributed by atoms with Crippen molar-refractivity contribution in [3.05, 3.63) is 29.6 Å². The van der Waals surface area contributed by atoms with Crippen molar-refractivity contribution in [2.75, 3.05) is 26.2 Å². The van der Waals surface area contributed by atoms with Gasteiger partial charge in [-0.2, -0.15) is 0 Å². The van der Waals surface area contributed by atoms with Gasteiger partial charge in [0.1, 0.15) is 5.78 Å². The largest absolute Gasteiger partial charge is 0.548 e. The Labute approximate surface area is 177 Å². The fourth-order valence-electron chi connectivity index (χ4n) is 3.51. The summed E-state index contributed by atoms with van der Waals surface area (Å²) in [6.07, 6.45) is 0. The minimum absolute atomic E-state index is 0.0201. The molecule has 3 atom stereocenters. The Morgan fingerprint density at radius 1 is 0.800 bits per heavy atom. The van der Waals surface area contributed by atoms with Crippen LogP contribution < -0.4 is 10.2 Å². The highest BCUT2D eigenvalue weighted by Crippen LogP contribution is 2.14. The summed E-state index contributed by atoms with van der Waals surface area (Å²) in [6, 6.07) is 3.51. The van der Waals surface area contributed by atoms with Gasteiger partial charge in [0.15, 0.2) is 0 Å². The maximum absolute atomic E-state index is 12.0. The number of carbonyl (C=O) groups is 3. The van der Waals surface area contributed by atoms with Gasteiger partial charge in [0.2, 0.25) is 0 Å². The number of hydrogen-bond donors (Lipinski definition) is 0. The molecule has 2 heterocycles. The average molecular weight is 418 g/mol. The summed E-state index contributed by atoms with van der Waals surface area (Å²) in [7, 11) is 0. The zero-order valence-electron chi connectivity index (χ0n) is 18.0. The highest BCUT2D eigenvalue weighted by Gasteiger charge is 2.24. The first-order valence-corrected chi connectivity index (χ1v) is 10.2. The lowest BCUT2D eigenvalue weighted by Crippen LogP contribution is -2.53. The van der Waals surface area contributed by atoms with E-state index in [4.69, 9.17) is 0 Å². The third kappa shape index (κ3) is 6.32. The molecule has 30 heavy (non-hydrogen) atoms. The molecule has 166 valence electrons. The molecule has 0 N–H and O–H groups in total. The molecule has 0 spiro atoms. The van der Waals surface area contributed by atoms with Crippen LogP contribution in [-0.4, -0.2) is 81.7 Å². The lowest BCUT2D eigenvalue weighted by atomic mass is 10.1. The number of carboxylic acid groups (broad SMARTS) is 2. The Morgan fingerprint density at radius 3 is 1.63 bits per heavy atom. The summed E-state index contributed by atoms with van der Waals surface area (Å²) in [5.74, 6) is -2.37. The molecule has 0 aromatic carbocycles. The zero-order valence-corrected chi connectivity index (χ0v) is 18.0. The average Bonchev–Trinajstić information content (AvgIpc) is 2.69. The van der Waals surface area contributed by atoms with Crippen molar-refractivity contribution in [1.82, 2.24) is 19.7 Å². The fraction of sp³-hybridized carbons (Fsp3) is 0.619. The van der Waals surface area contributed by atoms with E-state index in [0.717, 1.165) is 5.69 Å². The number of rotatable bonds is 6. The fourth-order valence-corrected chi connectivity index (χ4v) is 3.51. The van der Waals surface area contributed by atoms with Crippen LogP contribution in [0.5, 0.6) is 0 Å². The second-order valence-electron chi connectivity index (χ2n) is 7.87. The van der Waals surface area contributed by atoms with Gasteiger partial charge in [-0.1, -0.05) is 6.07 Å². The lowest BCUT2D eigenvalue weighted by Gasteiger charge is -2.37. The number of Topliss-reactive ketones (excluding diaryl/α,β-unsaturated/α-hetero) is 1. The SMILES string of the molecule is CC(=O)C(C)N1CCN(C(C)C(=O)[O-])CCN(C(C)C(=O)[O-])Cc2cccc(n2)C1. The van der Waals surface area contributed by atoms with Crippen molar-refractivity contribution >= 4 is 17.7 Å². The first kappa shape index (κ1) is 23.9. The zero-order chi connectivity index (χ0) is 22.4. The third-order valence-corrected chi connectivity index (χ3v) is 5.86. The normalized spacial score (nSPS) is 20.4. The topological polar surface area (TPSA) is 120 Å². The van der Waals surface area contributed by atoms with E-state index in [2.05, 4.69) is 4.98 Å². The van der Waals surface area contributed by atoms with Crippen LogP contribution in [0, 0.1) is 0 Å². The summed E-state index contributed by atoms with van der Waals surface area (Å²) in [5.41, 5.74) is 1.47. The van der Waals surface area contributed by atoms with E-state index in [0.29, 0.717) is 45.0 Å². The minimum atomic E-state index is -1.20. The molecule has 2 rings (SSSR count). The van der Waals surface area contributed by atoms with Crippen LogP contribution in [0.4, 0.5) is 0 Å². The number of carboxylic acids is 2. The minimum Gasteiger partial charge on any atom is -0.548 e. The molecule has 9 nitrogen and oxygen atoms in total. The van der Waals surface area contributed by atoms with Crippen molar-refractivity contribution in [3.8, 4) is 0 Å². The van der Waals surface area contributed by atoms with Gasteiger partial charge in [-0.25, -0.2) is 0 Å². The highest BCUT2D eigenvalue weighted by atomic mass is 16.4. The van der Waals surface area contributed by atoms with Gasteiger partial charge in [0.25, 0.3) is 0 Å². The number of aromatic nitrogens is 1. The van der Waals surface area contributed by atoms with Gasteiger partial charge in [-0.05, 0) is 39.8 Å². The van der Waals surface area contributed by atoms with Crippen LogP contribution in [0.15, 0.2) is 18.2 Å². The van der Waals surface area contributed by atoms with Crippen molar-refractivity contribution in [2.45, 2.75) is 58.9 Å². The number of ketones is 1. The van der Waals surface area contributed by atoms with Crippen LogP contribution in [0.25, 0.3) is 0 Å². The molecule has 0 aliphatic carbocycles. The molecule has 1 aliphatic rings. The van der Waals surface area contributed by atoms with Crippen LogP contribution in [0.1, 0.15) is 39.1 Å². The van der Waals surface area contributed by atoms with Crippen molar-refractivity contribution in [2.24, 2.45) is 0 Å². The molecule has 3 unspecified atom stereocenters. The van der Waals surface area contributed by atoms with Crippen molar-refractivity contribution < 1.29 is 24.6 Å². The predicted molar refractivity (Wildman–Crippen MR) is 106 cm³/mol. The molecule has 2 bridgehead atoms.